The minimum absolute atomic E-state index is 0.0556. The molecule has 5 heteroatoms. The summed E-state index contributed by atoms with van der Waals surface area (Å²) in [5.74, 6) is 1.04. The molecule has 0 saturated carbocycles. The first-order chi connectivity index (χ1) is 13.1. The molecule has 1 atom stereocenters. The van der Waals surface area contributed by atoms with Gasteiger partial charge in [-0.1, -0.05) is 30.3 Å². The number of benzene rings is 2. The summed E-state index contributed by atoms with van der Waals surface area (Å²) in [6.45, 7) is 7.92. The number of quaternary nitrogens is 2. The van der Waals surface area contributed by atoms with Crippen molar-refractivity contribution in [1.82, 2.24) is 5.32 Å². The number of amides is 1. The molecular weight excluding hydrogens is 338 g/mol. The van der Waals surface area contributed by atoms with Crippen LogP contribution in [0, 0.1) is 0 Å². The van der Waals surface area contributed by atoms with E-state index in [0.717, 1.165) is 44.0 Å². The van der Waals surface area contributed by atoms with Gasteiger partial charge >= 0.3 is 0 Å². The largest absolute Gasteiger partial charge is 0.497 e. The van der Waals surface area contributed by atoms with Gasteiger partial charge in [-0.25, -0.2) is 0 Å². The molecule has 0 aliphatic carbocycles. The fourth-order valence-electron chi connectivity index (χ4n) is 3.69. The van der Waals surface area contributed by atoms with Gasteiger partial charge in [0.2, 0.25) is 0 Å². The highest BCUT2D eigenvalue weighted by molar-refractivity contribution is 5.77. The molecule has 0 radical (unpaired) electrons. The van der Waals surface area contributed by atoms with Crippen molar-refractivity contribution in [3.63, 3.8) is 0 Å². The van der Waals surface area contributed by atoms with E-state index in [1.807, 2.05) is 37.3 Å². The molecule has 144 valence electrons. The smallest absolute Gasteiger partial charge is 0.275 e. The average molecular weight is 370 g/mol. The zero-order valence-electron chi connectivity index (χ0n) is 16.3. The zero-order chi connectivity index (χ0) is 19.1. The van der Waals surface area contributed by atoms with E-state index in [4.69, 9.17) is 4.74 Å². The summed E-state index contributed by atoms with van der Waals surface area (Å²) in [5, 5.41) is 3.13. The van der Waals surface area contributed by atoms with E-state index in [0.29, 0.717) is 6.54 Å². The van der Waals surface area contributed by atoms with Crippen LogP contribution in [-0.4, -0.2) is 45.7 Å². The summed E-state index contributed by atoms with van der Waals surface area (Å²) in [5.41, 5.74) is 2.48. The van der Waals surface area contributed by atoms with E-state index in [1.165, 1.54) is 10.5 Å². The maximum absolute atomic E-state index is 12.4. The minimum Gasteiger partial charge on any atom is -0.497 e. The molecule has 1 amide bonds. The highest BCUT2D eigenvalue weighted by Crippen LogP contribution is 2.11. The molecule has 2 aromatic rings. The lowest BCUT2D eigenvalue weighted by Gasteiger charge is -2.29. The van der Waals surface area contributed by atoms with Crippen molar-refractivity contribution in [1.29, 1.82) is 0 Å². The molecular formula is C22H31N3O2+2. The summed E-state index contributed by atoms with van der Waals surface area (Å²) in [4.78, 5) is 15.3. The maximum atomic E-state index is 12.4. The number of piperazine rings is 1. The second-order valence-electron chi connectivity index (χ2n) is 7.40. The number of nitrogens with one attached hydrogen (secondary N) is 3. The van der Waals surface area contributed by atoms with Gasteiger partial charge < -0.3 is 19.9 Å². The van der Waals surface area contributed by atoms with Crippen molar-refractivity contribution in [3.05, 3.63) is 65.7 Å². The second kappa shape index (κ2) is 9.53. The summed E-state index contributed by atoms with van der Waals surface area (Å²) in [7, 11) is 1.69. The van der Waals surface area contributed by atoms with Crippen molar-refractivity contribution in [2.24, 2.45) is 0 Å². The average Bonchev–Trinajstić information content (AvgIpc) is 2.70. The monoisotopic (exact) mass is 369 g/mol. The molecule has 1 fully saturated rings. The summed E-state index contributed by atoms with van der Waals surface area (Å²) >= 11 is 0. The Morgan fingerprint density at radius 3 is 2.26 bits per heavy atom. The molecule has 1 saturated heterocycles. The van der Waals surface area contributed by atoms with Gasteiger partial charge in [0.1, 0.15) is 38.5 Å². The van der Waals surface area contributed by atoms with Crippen LogP contribution in [0.15, 0.2) is 54.6 Å². The van der Waals surface area contributed by atoms with E-state index in [2.05, 4.69) is 29.6 Å². The fraction of sp³-hybridized carbons (Fsp3) is 0.409. The normalized spacial score (nSPS) is 20.7. The molecule has 1 aliphatic heterocycles. The molecule has 1 aliphatic rings. The second-order valence-corrected chi connectivity index (χ2v) is 7.40. The Morgan fingerprint density at radius 2 is 1.63 bits per heavy atom. The molecule has 2 aromatic carbocycles. The van der Waals surface area contributed by atoms with Crippen molar-refractivity contribution in [2.75, 3.05) is 39.8 Å². The molecule has 5 nitrogen and oxygen atoms in total. The Bertz CT molecular complexity index is 710. The first-order valence-electron chi connectivity index (χ1n) is 9.78. The third-order valence-corrected chi connectivity index (χ3v) is 5.37. The van der Waals surface area contributed by atoms with Crippen LogP contribution in [0.2, 0.25) is 0 Å². The van der Waals surface area contributed by atoms with E-state index in [1.54, 1.807) is 12.0 Å². The third kappa shape index (κ3) is 5.81. The zero-order valence-corrected chi connectivity index (χ0v) is 16.3. The lowest BCUT2D eigenvalue weighted by Crippen LogP contribution is -3.28. The quantitative estimate of drug-likeness (QED) is 0.636. The van der Waals surface area contributed by atoms with Crippen LogP contribution >= 0.6 is 0 Å². The Hall–Kier alpha value is -2.37. The predicted molar refractivity (Wildman–Crippen MR) is 106 cm³/mol. The number of carbonyl (C=O) groups is 1. The molecule has 0 bridgehead atoms. The van der Waals surface area contributed by atoms with Crippen LogP contribution in [0.4, 0.5) is 0 Å². The summed E-state index contributed by atoms with van der Waals surface area (Å²) in [6.07, 6.45) is 0. The SMILES string of the molecule is COc1ccc(C[NH+]2CC[NH+](CC(=O)N[C@@H](C)c3ccccc3)CC2)cc1. The minimum atomic E-state index is 0.0556. The summed E-state index contributed by atoms with van der Waals surface area (Å²) in [6, 6.07) is 18.5. The Kier molecular flexibility index (Phi) is 6.85. The van der Waals surface area contributed by atoms with Crippen LogP contribution in [0.5, 0.6) is 5.75 Å². The highest BCUT2D eigenvalue weighted by atomic mass is 16.5. The highest BCUT2D eigenvalue weighted by Gasteiger charge is 2.25. The van der Waals surface area contributed by atoms with Crippen LogP contribution in [0.25, 0.3) is 0 Å². The van der Waals surface area contributed by atoms with Gasteiger partial charge in [-0.05, 0) is 36.8 Å². The molecule has 27 heavy (non-hydrogen) atoms. The van der Waals surface area contributed by atoms with E-state index < -0.39 is 0 Å². The Balaban J connectivity index is 1.40. The van der Waals surface area contributed by atoms with E-state index >= 15 is 0 Å². The fourth-order valence-corrected chi connectivity index (χ4v) is 3.69. The molecule has 0 aromatic heterocycles. The standard InChI is InChI=1S/C22H29N3O2/c1-18(20-6-4-3-5-7-20)23-22(26)17-25-14-12-24(13-15-25)16-19-8-10-21(27-2)11-9-19/h3-11,18H,12-17H2,1-2H3,(H,23,26)/p+2/t18-/m0/s1. The number of rotatable bonds is 7. The lowest BCUT2D eigenvalue weighted by molar-refractivity contribution is -1.02. The van der Waals surface area contributed by atoms with Crippen LogP contribution in [0.3, 0.4) is 0 Å². The first-order valence-corrected chi connectivity index (χ1v) is 9.78. The molecule has 3 N–H and O–H groups in total. The maximum Gasteiger partial charge on any atom is 0.275 e. The molecule has 0 unspecified atom stereocenters. The van der Waals surface area contributed by atoms with Crippen molar-refractivity contribution >= 4 is 5.91 Å². The molecule has 3 rings (SSSR count). The van der Waals surface area contributed by atoms with Gasteiger partial charge in [0.05, 0.1) is 13.2 Å². The van der Waals surface area contributed by atoms with Crippen molar-refractivity contribution in [2.45, 2.75) is 19.5 Å². The number of carbonyl (C=O) groups excluding carboxylic acids is 1. The lowest BCUT2D eigenvalue weighted by atomic mass is 10.1. The number of hydrogen-bond acceptors (Lipinski definition) is 2. The predicted octanol–water partition coefficient (Wildman–Crippen LogP) is -0.144. The van der Waals surface area contributed by atoms with Gasteiger partial charge in [-0.3, -0.25) is 4.79 Å². The Morgan fingerprint density at radius 1 is 1.00 bits per heavy atom. The van der Waals surface area contributed by atoms with Crippen molar-refractivity contribution in [3.8, 4) is 5.75 Å². The summed E-state index contributed by atoms with van der Waals surface area (Å²) < 4.78 is 5.22. The van der Waals surface area contributed by atoms with Crippen molar-refractivity contribution < 1.29 is 19.3 Å². The van der Waals surface area contributed by atoms with Crippen LogP contribution in [0.1, 0.15) is 24.1 Å². The topological polar surface area (TPSA) is 47.2 Å². The Labute approximate surface area is 161 Å². The van der Waals surface area contributed by atoms with Gasteiger partial charge in [-0.15, -0.1) is 0 Å². The molecule has 1 heterocycles. The van der Waals surface area contributed by atoms with E-state index in [9.17, 15) is 4.79 Å². The number of hydrogen-bond donors (Lipinski definition) is 3. The van der Waals surface area contributed by atoms with Gasteiger partial charge in [0, 0.05) is 5.56 Å². The van der Waals surface area contributed by atoms with E-state index in [-0.39, 0.29) is 11.9 Å². The number of methoxy groups -OCH3 is 1. The first kappa shape index (κ1) is 19.4. The van der Waals surface area contributed by atoms with Crippen LogP contribution in [-0.2, 0) is 11.3 Å². The van der Waals surface area contributed by atoms with Gasteiger partial charge in [0.25, 0.3) is 5.91 Å². The van der Waals surface area contributed by atoms with Crippen LogP contribution < -0.4 is 19.9 Å². The molecule has 0 spiro atoms. The van der Waals surface area contributed by atoms with Gasteiger partial charge in [0.15, 0.2) is 6.54 Å². The van der Waals surface area contributed by atoms with Gasteiger partial charge in [-0.2, -0.15) is 0 Å². The third-order valence-electron chi connectivity index (χ3n) is 5.37. The number of ether oxygens (including phenoxy) is 1.